The van der Waals surface area contributed by atoms with E-state index >= 15 is 0 Å². The second-order valence-electron chi connectivity index (χ2n) is 1.90. The van der Waals surface area contributed by atoms with Crippen molar-refractivity contribution in [1.29, 1.82) is 0 Å². The lowest BCUT2D eigenvalue weighted by Gasteiger charge is -2.13. The number of allylic oxidation sites excluding steroid dienone is 1. The highest BCUT2D eigenvalue weighted by molar-refractivity contribution is 6.44. The molecule has 0 aromatic carbocycles. The Balaban J connectivity index is 4.65. The van der Waals surface area contributed by atoms with E-state index in [0.29, 0.717) is 0 Å². The van der Waals surface area contributed by atoms with Crippen LogP contribution in [-0.2, 0) is 9.59 Å². The van der Waals surface area contributed by atoms with Crippen LogP contribution in [0.25, 0.3) is 0 Å². The monoisotopic (exact) mass is 178 g/mol. The summed E-state index contributed by atoms with van der Waals surface area (Å²) in [6, 6.07) is 0. The topological polar surface area (TPSA) is 74.6 Å². The summed E-state index contributed by atoms with van der Waals surface area (Å²) >= 11 is 5.24. The number of carboxylic acids is 2. The van der Waals surface area contributed by atoms with Gasteiger partial charge in [0.15, 0.2) is 0 Å². The summed E-state index contributed by atoms with van der Waals surface area (Å²) in [4.78, 5) is 18.3. The molecular formula is C6H7ClO4. The van der Waals surface area contributed by atoms with Gasteiger partial charge < -0.3 is 10.2 Å². The van der Waals surface area contributed by atoms with Crippen LogP contribution in [0.4, 0.5) is 0 Å². The molecule has 62 valence electrons. The number of halogens is 1. The quantitative estimate of drug-likeness (QED) is 0.378. The molecule has 2 N–H and O–H groups in total. The Bertz CT molecular complexity index is 185. The first-order chi connectivity index (χ1) is 4.95. The molecule has 0 heterocycles. The molecule has 4 nitrogen and oxygen atoms in total. The highest BCUT2D eigenvalue weighted by Crippen LogP contribution is 2.20. The van der Waals surface area contributed by atoms with Crippen LogP contribution in [0.2, 0.25) is 0 Å². The Hall–Kier alpha value is -1.03. The third kappa shape index (κ3) is 1.94. The molecule has 0 radical (unpaired) electrons. The maximum absolute atomic E-state index is 10.3. The third-order valence-corrected chi connectivity index (χ3v) is 1.58. The first-order valence-corrected chi connectivity index (χ1v) is 3.09. The number of rotatable bonds is 4. The Morgan fingerprint density at radius 1 is 1.45 bits per heavy atom. The van der Waals surface area contributed by atoms with Crippen LogP contribution in [0, 0.1) is 0 Å². The van der Waals surface area contributed by atoms with Gasteiger partial charge >= 0.3 is 11.9 Å². The van der Waals surface area contributed by atoms with Gasteiger partial charge in [-0.3, -0.25) is 0 Å². The minimum atomic E-state index is -2.26. The molecule has 5 heteroatoms. The van der Waals surface area contributed by atoms with E-state index in [0.717, 1.165) is 6.08 Å². The van der Waals surface area contributed by atoms with Gasteiger partial charge in [-0.05, 0) is 0 Å². The van der Waals surface area contributed by atoms with Crippen LogP contribution in [0.15, 0.2) is 12.7 Å². The van der Waals surface area contributed by atoms with E-state index in [1.165, 1.54) is 0 Å². The van der Waals surface area contributed by atoms with Crippen LogP contribution >= 0.6 is 11.6 Å². The molecule has 0 aliphatic rings. The van der Waals surface area contributed by atoms with Crippen molar-refractivity contribution in [3.63, 3.8) is 0 Å². The van der Waals surface area contributed by atoms with E-state index in [2.05, 4.69) is 6.58 Å². The Kier molecular flexibility index (Phi) is 3.07. The third-order valence-electron chi connectivity index (χ3n) is 1.10. The number of aliphatic carboxylic acids is 2. The minimum Gasteiger partial charge on any atom is -0.479 e. The van der Waals surface area contributed by atoms with Crippen molar-refractivity contribution in [2.75, 3.05) is 0 Å². The molecule has 0 saturated heterocycles. The lowest BCUT2D eigenvalue weighted by molar-refractivity contribution is -0.152. The second kappa shape index (κ2) is 3.39. The maximum Gasteiger partial charge on any atom is 0.336 e. The average molecular weight is 179 g/mol. The zero-order chi connectivity index (χ0) is 9.07. The van der Waals surface area contributed by atoms with Crippen molar-refractivity contribution in [3.8, 4) is 0 Å². The first kappa shape index (κ1) is 9.97. The molecule has 0 fully saturated rings. The Morgan fingerprint density at radius 3 is 1.91 bits per heavy atom. The SMILES string of the molecule is C=CCC(Cl)(C(=O)O)C(=O)O. The fraction of sp³-hybridized carbons (Fsp3) is 0.333. The van der Waals surface area contributed by atoms with Gasteiger partial charge in [0.25, 0.3) is 0 Å². The standard InChI is InChI=1S/C6H7ClO4/c1-2-3-6(7,4(8)9)5(10)11/h2H,1,3H2,(H,8,9)(H,10,11). The molecule has 0 rings (SSSR count). The summed E-state index contributed by atoms with van der Waals surface area (Å²) < 4.78 is 0. The summed E-state index contributed by atoms with van der Waals surface area (Å²) in [5.41, 5.74) is 0. The lowest BCUT2D eigenvalue weighted by atomic mass is 10.1. The van der Waals surface area contributed by atoms with Crippen LogP contribution in [-0.4, -0.2) is 27.0 Å². The summed E-state index contributed by atoms with van der Waals surface area (Å²) in [5, 5.41) is 16.7. The molecule has 11 heavy (non-hydrogen) atoms. The van der Waals surface area contributed by atoms with Crippen molar-refractivity contribution < 1.29 is 19.8 Å². The fourth-order valence-corrected chi connectivity index (χ4v) is 0.574. The van der Waals surface area contributed by atoms with Gasteiger partial charge in [-0.1, -0.05) is 17.7 Å². The fourth-order valence-electron chi connectivity index (χ4n) is 0.465. The van der Waals surface area contributed by atoms with Crippen LogP contribution in [0.3, 0.4) is 0 Å². The molecule has 0 bridgehead atoms. The van der Waals surface area contributed by atoms with Crippen molar-refractivity contribution >= 4 is 23.5 Å². The van der Waals surface area contributed by atoms with Gasteiger partial charge in [0.1, 0.15) is 0 Å². The molecule has 0 aliphatic heterocycles. The zero-order valence-electron chi connectivity index (χ0n) is 5.58. The van der Waals surface area contributed by atoms with Crippen molar-refractivity contribution in [3.05, 3.63) is 12.7 Å². The second-order valence-corrected chi connectivity index (χ2v) is 2.55. The highest BCUT2D eigenvalue weighted by atomic mass is 35.5. The van der Waals surface area contributed by atoms with Gasteiger partial charge in [-0.2, -0.15) is 0 Å². The smallest absolute Gasteiger partial charge is 0.336 e. The van der Waals surface area contributed by atoms with E-state index in [-0.39, 0.29) is 6.42 Å². The first-order valence-electron chi connectivity index (χ1n) is 2.71. The van der Waals surface area contributed by atoms with E-state index in [9.17, 15) is 9.59 Å². The average Bonchev–Trinajstić information content (AvgIpc) is 1.87. The molecule has 0 aliphatic carbocycles. The maximum atomic E-state index is 10.3. The zero-order valence-corrected chi connectivity index (χ0v) is 6.34. The van der Waals surface area contributed by atoms with Gasteiger partial charge in [0.05, 0.1) is 0 Å². The van der Waals surface area contributed by atoms with Gasteiger partial charge in [0, 0.05) is 6.42 Å². The molecule has 0 unspecified atom stereocenters. The van der Waals surface area contributed by atoms with Crippen molar-refractivity contribution in [2.24, 2.45) is 0 Å². The molecule has 0 aromatic heterocycles. The van der Waals surface area contributed by atoms with E-state index in [4.69, 9.17) is 21.8 Å². The largest absolute Gasteiger partial charge is 0.479 e. The minimum absolute atomic E-state index is 0.306. The summed E-state index contributed by atoms with van der Waals surface area (Å²) in [6.45, 7) is 3.20. The van der Waals surface area contributed by atoms with Crippen molar-refractivity contribution in [2.45, 2.75) is 11.3 Å². The van der Waals surface area contributed by atoms with E-state index < -0.39 is 16.8 Å². The number of carboxylic acid groups (broad SMARTS) is 2. The van der Waals surface area contributed by atoms with Crippen LogP contribution in [0.5, 0.6) is 0 Å². The molecular weight excluding hydrogens is 172 g/mol. The molecule has 0 atom stereocenters. The Labute approximate surface area is 68.1 Å². The predicted octanol–water partition coefficient (Wildman–Crippen LogP) is 0.709. The molecule has 0 amide bonds. The van der Waals surface area contributed by atoms with Crippen LogP contribution in [0.1, 0.15) is 6.42 Å². The molecule has 0 spiro atoms. The number of carbonyl (C=O) groups is 2. The van der Waals surface area contributed by atoms with E-state index in [1.807, 2.05) is 0 Å². The summed E-state index contributed by atoms with van der Waals surface area (Å²) in [5.74, 6) is -3.15. The number of hydrogen-bond donors (Lipinski definition) is 2. The number of hydrogen-bond acceptors (Lipinski definition) is 2. The van der Waals surface area contributed by atoms with Gasteiger partial charge in [0.2, 0.25) is 4.87 Å². The van der Waals surface area contributed by atoms with Crippen molar-refractivity contribution in [1.82, 2.24) is 0 Å². The number of alkyl halides is 1. The van der Waals surface area contributed by atoms with E-state index in [1.54, 1.807) is 0 Å². The highest BCUT2D eigenvalue weighted by Gasteiger charge is 2.43. The van der Waals surface area contributed by atoms with Gasteiger partial charge in [-0.15, -0.1) is 6.58 Å². The molecule has 0 aromatic rings. The predicted molar refractivity (Wildman–Crippen MR) is 38.7 cm³/mol. The normalized spacial score (nSPS) is 10.6. The summed E-state index contributed by atoms with van der Waals surface area (Å²) in [7, 11) is 0. The lowest BCUT2D eigenvalue weighted by Crippen LogP contribution is -2.40. The summed E-state index contributed by atoms with van der Waals surface area (Å²) in [6.07, 6.45) is 0.842. The molecule has 0 saturated carbocycles. The van der Waals surface area contributed by atoms with Gasteiger partial charge in [-0.25, -0.2) is 9.59 Å². The Morgan fingerprint density at radius 2 is 1.82 bits per heavy atom. The van der Waals surface area contributed by atoms with Crippen LogP contribution < -0.4 is 0 Å².